The number of nitrogens with one attached hydrogen (secondary N) is 1. The lowest BCUT2D eigenvalue weighted by Crippen LogP contribution is -2.22. The Bertz CT molecular complexity index is 412. The zero-order valence-corrected chi connectivity index (χ0v) is 12.8. The van der Waals surface area contributed by atoms with E-state index in [4.69, 9.17) is 11.6 Å². The maximum atomic E-state index is 12.0. The molecule has 6 heteroatoms. The quantitative estimate of drug-likeness (QED) is 0.680. The molecule has 120 valence electrons. The van der Waals surface area contributed by atoms with Crippen molar-refractivity contribution in [3.8, 4) is 0 Å². The number of benzene rings is 1. The van der Waals surface area contributed by atoms with Crippen LogP contribution in [0.2, 0.25) is 5.02 Å². The van der Waals surface area contributed by atoms with Gasteiger partial charge < -0.3 is 10.1 Å². The minimum absolute atomic E-state index is 0.114. The van der Waals surface area contributed by atoms with Crippen molar-refractivity contribution < 1.29 is 17.9 Å². The first kappa shape index (κ1) is 18.3. The summed E-state index contributed by atoms with van der Waals surface area (Å²) in [5, 5.41) is 3.94. The Morgan fingerprint density at radius 2 is 2.10 bits per heavy atom. The van der Waals surface area contributed by atoms with Crippen molar-refractivity contribution in [2.24, 2.45) is 0 Å². The van der Waals surface area contributed by atoms with E-state index in [9.17, 15) is 13.2 Å². The molecule has 0 fully saturated rings. The Morgan fingerprint density at radius 1 is 1.33 bits per heavy atom. The predicted octanol–water partition coefficient (Wildman–Crippen LogP) is 4.39. The number of likely N-dealkylation sites (N-methyl/N-ethyl adjacent to an activating group) is 1. The van der Waals surface area contributed by atoms with Gasteiger partial charge in [-0.15, -0.1) is 0 Å². The van der Waals surface area contributed by atoms with Crippen LogP contribution in [0, 0.1) is 0 Å². The lowest BCUT2D eigenvalue weighted by molar-refractivity contribution is -0.174. The van der Waals surface area contributed by atoms with Gasteiger partial charge in [0.1, 0.15) is 6.61 Å². The molecule has 0 saturated carbocycles. The second-order valence-corrected chi connectivity index (χ2v) is 5.31. The standard InChI is InChI=1S/C15H21ClF3NO/c1-2-20-10-13(12-5-3-7-14(16)9-12)6-4-8-21-11-15(17,18)19/h3,5,7,9,13,20H,2,4,6,8,10-11H2,1H3. The van der Waals surface area contributed by atoms with Gasteiger partial charge in [-0.25, -0.2) is 0 Å². The maximum Gasteiger partial charge on any atom is 0.411 e. The Morgan fingerprint density at radius 3 is 2.71 bits per heavy atom. The van der Waals surface area contributed by atoms with Crippen LogP contribution in [0.1, 0.15) is 31.2 Å². The summed E-state index contributed by atoms with van der Waals surface area (Å²) in [5.41, 5.74) is 1.10. The lowest BCUT2D eigenvalue weighted by atomic mass is 9.94. The summed E-state index contributed by atoms with van der Waals surface area (Å²) in [5.74, 6) is 0.220. The van der Waals surface area contributed by atoms with Crippen LogP contribution in [-0.4, -0.2) is 32.5 Å². The zero-order valence-electron chi connectivity index (χ0n) is 12.0. The van der Waals surface area contributed by atoms with E-state index in [0.717, 1.165) is 25.1 Å². The normalized spacial score (nSPS) is 13.4. The van der Waals surface area contributed by atoms with E-state index >= 15 is 0 Å². The van der Waals surface area contributed by atoms with Crippen molar-refractivity contribution in [3.05, 3.63) is 34.9 Å². The van der Waals surface area contributed by atoms with Crippen LogP contribution in [0.15, 0.2) is 24.3 Å². The number of alkyl halides is 3. The van der Waals surface area contributed by atoms with Gasteiger partial charge >= 0.3 is 6.18 Å². The predicted molar refractivity (Wildman–Crippen MR) is 78.8 cm³/mol. The first-order valence-electron chi connectivity index (χ1n) is 7.03. The second kappa shape index (κ2) is 9.28. The van der Waals surface area contributed by atoms with Crippen LogP contribution in [0.5, 0.6) is 0 Å². The first-order valence-corrected chi connectivity index (χ1v) is 7.41. The van der Waals surface area contributed by atoms with Gasteiger partial charge in [-0.05, 0) is 43.0 Å². The van der Waals surface area contributed by atoms with Gasteiger partial charge in [0.25, 0.3) is 0 Å². The van der Waals surface area contributed by atoms with Gasteiger partial charge in [-0.2, -0.15) is 13.2 Å². The molecule has 1 rings (SSSR count). The highest BCUT2D eigenvalue weighted by Crippen LogP contribution is 2.24. The molecule has 0 saturated heterocycles. The van der Waals surface area contributed by atoms with Crippen LogP contribution in [-0.2, 0) is 4.74 Å². The van der Waals surface area contributed by atoms with E-state index in [1.54, 1.807) is 0 Å². The van der Waals surface area contributed by atoms with Gasteiger partial charge in [0, 0.05) is 18.2 Å². The second-order valence-electron chi connectivity index (χ2n) is 4.87. The molecule has 1 aromatic rings. The lowest BCUT2D eigenvalue weighted by Gasteiger charge is -2.18. The van der Waals surface area contributed by atoms with Gasteiger partial charge in [0.2, 0.25) is 0 Å². The fraction of sp³-hybridized carbons (Fsp3) is 0.600. The monoisotopic (exact) mass is 323 g/mol. The summed E-state index contributed by atoms with van der Waals surface area (Å²) in [4.78, 5) is 0. The molecule has 1 N–H and O–H groups in total. The van der Waals surface area contributed by atoms with Crippen molar-refractivity contribution in [1.82, 2.24) is 5.32 Å². The van der Waals surface area contributed by atoms with Crippen molar-refractivity contribution in [1.29, 1.82) is 0 Å². The molecule has 0 aliphatic carbocycles. The molecule has 0 aromatic heterocycles. The molecular formula is C15H21ClF3NO. The van der Waals surface area contributed by atoms with Crippen molar-refractivity contribution in [2.45, 2.75) is 31.9 Å². The van der Waals surface area contributed by atoms with E-state index < -0.39 is 12.8 Å². The van der Waals surface area contributed by atoms with Crippen LogP contribution in [0.25, 0.3) is 0 Å². The molecular weight excluding hydrogens is 303 g/mol. The highest BCUT2D eigenvalue weighted by molar-refractivity contribution is 6.30. The van der Waals surface area contributed by atoms with Crippen molar-refractivity contribution in [2.75, 3.05) is 26.3 Å². The number of hydrogen-bond acceptors (Lipinski definition) is 2. The number of rotatable bonds is 9. The fourth-order valence-electron chi connectivity index (χ4n) is 2.09. The number of ether oxygens (including phenoxy) is 1. The molecule has 0 aliphatic heterocycles. The summed E-state index contributed by atoms with van der Waals surface area (Å²) in [6.07, 6.45) is -2.92. The molecule has 0 radical (unpaired) electrons. The Labute approximate surface area is 128 Å². The number of hydrogen-bond donors (Lipinski definition) is 1. The summed E-state index contributed by atoms with van der Waals surface area (Å²) in [7, 11) is 0. The van der Waals surface area contributed by atoms with Gasteiger partial charge in [-0.3, -0.25) is 0 Å². The molecule has 0 heterocycles. The van der Waals surface area contributed by atoms with Crippen molar-refractivity contribution in [3.63, 3.8) is 0 Å². The Kier molecular flexibility index (Phi) is 8.07. The third-order valence-corrected chi connectivity index (χ3v) is 3.30. The number of halogens is 4. The Balaban J connectivity index is 2.43. The molecule has 0 spiro atoms. The van der Waals surface area contributed by atoms with Gasteiger partial charge in [0.15, 0.2) is 0 Å². The van der Waals surface area contributed by atoms with Crippen LogP contribution >= 0.6 is 11.6 Å². The SMILES string of the molecule is CCNCC(CCCOCC(F)(F)F)c1cccc(Cl)c1. The average Bonchev–Trinajstić information content (AvgIpc) is 2.40. The fourth-order valence-corrected chi connectivity index (χ4v) is 2.28. The molecule has 2 nitrogen and oxygen atoms in total. The first-order chi connectivity index (χ1) is 9.92. The van der Waals surface area contributed by atoms with E-state index in [0.29, 0.717) is 11.4 Å². The smallest absolute Gasteiger partial charge is 0.372 e. The van der Waals surface area contributed by atoms with Crippen molar-refractivity contribution >= 4 is 11.6 Å². The summed E-state index contributed by atoms with van der Waals surface area (Å²) in [6.45, 7) is 2.57. The largest absolute Gasteiger partial charge is 0.411 e. The van der Waals surface area contributed by atoms with E-state index in [1.165, 1.54) is 0 Å². The molecule has 1 unspecified atom stereocenters. The van der Waals surface area contributed by atoms with Gasteiger partial charge in [0.05, 0.1) is 0 Å². The highest BCUT2D eigenvalue weighted by atomic mass is 35.5. The molecule has 0 amide bonds. The maximum absolute atomic E-state index is 12.0. The summed E-state index contributed by atoms with van der Waals surface area (Å²) in [6, 6.07) is 7.59. The molecule has 1 aromatic carbocycles. The molecule has 0 bridgehead atoms. The van der Waals surface area contributed by atoms with Crippen LogP contribution in [0.3, 0.4) is 0 Å². The molecule has 1 atom stereocenters. The summed E-state index contributed by atoms with van der Waals surface area (Å²) >= 11 is 5.99. The minimum atomic E-state index is -4.25. The zero-order chi connectivity index (χ0) is 15.7. The molecule has 21 heavy (non-hydrogen) atoms. The van der Waals surface area contributed by atoms with E-state index in [-0.39, 0.29) is 12.5 Å². The van der Waals surface area contributed by atoms with Crippen LogP contribution < -0.4 is 5.32 Å². The molecule has 0 aliphatic rings. The van der Waals surface area contributed by atoms with Gasteiger partial charge in [-0.1, -0.05) is 30.7 Å². The van der Waals surface area contributed by atoms with E-state index in [1.807, 2.05) is 31.2 Å². The third-order valence-electron chi connectivity index (χ3n) is 3.07. The summed E-state index contributed by atoms with van der Waals surface area (Å²) < 4.78 is 40.5. The third kappa shape index (κ3) is 8.29. The topological polar surface area (TPSA) is 21.3 Å². The minimum Gasteiger partial charge on any atom is -0.372 e. The average molecular weight is 324 g/mol. The Hall–Kier alpha value is -0.780. The van der Waals surface area contributed by atoms with E-state index in [2.05, 4.69) is 10.1 Å². The highest BCUT2D eigenvalue weighted by Gasteiger charge is 2.27. The van der Waals surface area contributed by atoms with Crippen LogP contribution in [0.4, 0.5) is 13.2 Å².